The highest BCUT2D eigenvalue weighted by molar-refractivity contribution is 8.03. The highest BCUT2D eigenvalue weighted by Crippen LogP contribution is 2.09. The summed E-state index contributed by atoms with van der Waals surface area (Å²) in [6, 6.07) is 0. The van der Waals surface area contributed by atoms with E-state index in [-0.39, 0.29) is 6.09 Å². The second-order valence-electron chi connectivity index (χ2n) is 3.84. The summed E-state index contributed by atoms with van der Waals surface area (Å²) in [6.45, 7) is 5.99. The second kappa shape index (κ2) is 5.76. The SMILES string of the molecule is CN(CCSC#N)C(=O)OC(C)(C)C. The van der Waals surface area contributed by atoms with Crippen LogP contribution in [0.15, 0.2) is 0 Å². The van der Waals surface area contributed by atoms with Gasteiger partial charge >= 0.3 is 6.09 Å². The van der Waals surface area contributed by atoms with Gasteiger partial charge in [0.15, 0.2) is 0 Å². The maximum Gasteiger partial charge on any atom is 0.410 e. The molecule has 4 nitrogen and oxygen atoms in total. The van der Waals surface area contributed by atoms with Crippen molar-refractivity contribution in [3.63, 3.8) is 0 Å². The number of thioether (sulfide) groups is 1. The van der Waals surface area contributed by atoms with Gasteiger partial charge in [-0.1, -0.05) is 0 Å². The minimum Gasteiger partial charge on any atom is -0.444 e. The lowest BCUT2D eigenvalue weighted by Crippen LogP contribution is -2.35. The van der Waals surface area contributed by atoms with Gasteiger partial charge in [-0.05, 0) is 32.5 Å². The van der Waals surface area contributed by atoms with E-state index in [1.165, 1.54) is 4.90 Å². The van der Waals surface area contributed by atoms with Gasteiger partial charge in [-0.2, -0.15) is 5.26 Å². The number of carbonyl (C=O) groups excluding carboxylic acids is 1. The summed E-state index contributed by atoms with van der Waals surface area (Å²) < 4.78 is 5.13. The van der Waals surface area contributed by atoms with Crippen LogP contribution in [0.25, 0.3) is 0 Å². The Labute approximate surface area is 89.2 Å². The average Bonchev–Trinajstić information content (AvgIpc) is 2.01. The number of ether oxygens (including phenoxy) is 1. The van der Waals surface area contributed by atoms with Crippen LogP contribution in [-0.4, -0.2) is 35.9 Å². The summed E-state index contributed by atoms with van der Waals surface area (Å²) in [5, 5.41) is 10.2. The molecule has 0 unspecified atom stereocenters. The molecule has 0 aromatic heterocycles. The predicted octanol–water partition coefficient (Wildman–Crippen LogP) is 2.07. The fraction of sp³-hybridized carbons (Fsp3) is 0.778. The number of hydrogen-bond acceptors (Lipinski definition) is 4. The molecule has 5 heteroatoms. The quantitative estimate of drug-likeness (QED) is 0.535. The number of carbonyl (C=O) groups is 1. The molecule has 0 aromatic carbocycles. The summed E-state index contributed by atoms with van der Waals surface area (Å²) in [7, 11) is 1.66. The Hall–Kier alpha value is -0.890. The monoisotopic (exact) mass is 216 g/mol. The smallest absolute Gasteiger partial charge is 0.410 e. The minimum atomic E-state index is -0.465. The molecule has 0 bridgehead atoms. The fourth-order valence-corrected chi connectivity index (χ4v) is 1.12. The van der Waals surface area contributed by atoms with Crippen LogP contribution in [0.1, 0.15) is 20.8 Å². The van der Waals surface area contributed by atoms with Crippen molar-refractivity contribution in [3.8, 4) is 5.40 Å². The van der Waals surface area contributed by atoms with Gasteiger partial charge < -0.3 is 9.64 Å². The van der Waals surface area contributed by atoms with Crippen molar-refractivity contribution in [1.82, 2.24) is 4.90 Å². The molecule has 0 radical (unpaired) electrons. The van der Waals surface area contributed by atoms with Crippen LogP contribution in [0.4, 0.5) is 4.79 Å². The Balaban J connectivity index is 3.84. The first-order valence-electron chi connectivity index (χ1n) is 4.32. The molecule has 1 amide bonds. The van der Waals surface area contributed by atoms with E-state index >= 15 is 0 Å². The fourth-order valence-electron chi connectivity index (χ4n) is 0.659. The molecule has 0 fully saturated rings. The standard InChI is InChI=1S/C9H16N2O2S/c1-9(2,3)13-8(12)11(4)5-6-14-7-10/h5-6H2,1-4H3. The van der Waals surface area contributed by atoms with Crippen molar-refractivity contribution in [2.24, 2.45) is 0 Å². The van der Waals surface area contributed by atoms with E-state index in [1.807, 2.05) is 26.2 Å². The van der Waals surface area contributed by atoms with Gasteiger partial charge in [0.1, 0.15) is 11.0 Å². The van der Waals surface area contributed by atoms with E-state index in [1.54, 1.807) is 7.05 Å². The minimum absolute atomic E-state index is 0.351. The van der Waals surface area contributed by atoms with Crippen molar-refractivity contribution in [2.75, 3.05) is 19.3 Å². The first kappa shape index (κ1) is 13.1. The maximum absolute atomic E-state index is 11.4. The van der Waals surface area contributed by atoms with E-state index in [0.29, 0.717) is 12.3 Å². The van der Waals surface area contributed by atoms with Crippen LogP contribution in [0, 0.1) is 10.7 Å². The molecule has 0 atom stereocenters. The number of amides is 1. The zero-order valence-corrected chi connectivity index (χ0v) is 9.85. The van der Waals surface area contributed by atoms with Gasteiger partial charge in [-0.15, -0.1) is 0 Å². The van der Waals surface area contributed by atoms with Crippen molar-refractivity contribution >= 4 is 17.9 Å². The first-order valence-corrected chi connectivity index (χ1v) is 5.30. The van der Waals surface area contributed by atoms with Crippen LogP contribution >= 0.6 is 11.8 Å². The Morgan fingerprint density at radius 2 is 2.14 bits per heavy atom. The van der Waals surface area contributed by atoms with E-state index in [9.17, 15) is 4.79 Å². The summed E-state index contributed by atoms with van der Waals surface area (Å²) in [5.41, 5.74) is -0.465. The highest BCUT2D eigenvalue weighted by Gasteiger charge is 2.18. The molecule has 80 valence electrons. The van der Waals surface area contributed by atoms with Gasteiger partial charge in [0.05, 0.1) is 0 Å². The van der Waals surface area contributed by atoms with Crippen LogP contribution in [0.5, 0.6) is 0 Å². The largest absolute Gasteiger partial charge is 0.444 e. The van der Waals surface area contributed by atoms with E-state index < -0.39 is 5.60 Å². The molecule has 0 aliphatic carbocycles. The van der Waals surface area contributed by atoms with Crippen LogP contribution in [0.2, 0.25) is 0 Å². The summed E-state index contributed by atoms with van der Waals surface area (Å²) >= 11 is 1.13. The van der Waals surface area contributed by atoms with E-state index in [0.717, 1.165) is 11.8 Å². The topological polar surface area (TPSA) is 53.3 Å². The zero-order chi connectivity index (χ0) is 11.2. The lowest BCUT2D eigenvalue weighted by Gasteiger charge is -2.24. The molecule has 0 aliphatic rings. The van der Waals surface area contributed by atoms with Crippen LogP contribution in [0.3, 0.4) is 0 Å². The molecule has 0 aromatic rings. The number of rotatable bonds is 3. The van der Waals surface area contributed by atoms with Crippen molar-refractivity contribution in [2.45, 2.75) is 26.4 Å². The van der Waals surface area contributed by atoms with Crippen molar-refractivity contribution < 1.29 is 9.53 Å². The number of nitrogens with zero attached hydrogens (tertiary/aromatic N) is 2. The third-order valence-electron chi connectivity index (χ3n) is 1.30. The van der Waals surface area contributed by atoms with E-state index in [2.05, 4.69) is 0 Å². The predicted molar refractivity (Wildman–Crippen MR) is 56.9 cm³/mol. The van der Waals surface area contributed by atoms with Gasteiger partial charge in [-0.25, -0.2) is 4.79 Å². The second-order valence-corrected chi connectivity index (χ2v) is 4.72. The number of hydrogen-bond donors (Lipinski definition) is 0. The molecule has 0 saturated carbocycles. The van der Waals surface area contributed by atoms with Crippen molar-refractivity contribution in [3.05, 3.63) is 0 Å². The molecular formula is C9H16N2O2S. The molecule has 14 heavy (non-hydrogen) atoms. The molecule has 0 N–H and O–H groups in total. The molecule has 0 saturated heterocycles. The lowest BCUT2D eigenvalue weighted by molar-refractivity contribution is 0.0309. The summed E-state index contributed by atoms with van der Waals surface area (Å²) in [5.74, 6) is 0.603. The zero-order valence-electron chi connectivity index (χ0n) is 9.03. The third-order valence-corrected chi connectivity index (χ3v) is 1.81. The number of thiocyanates is 1. The van der Waals surface area contributed by atoms with Gasteiger partial charge in [0.25, 0.3) is 0 Å². The maximum atomic E-state index is 11.4. The molecule has 0 rings (SSSR count). The molecular weight excluding hydrogens is 200 g/mol. The Kier molecular flexibility index (Phi) is 5.39. The normalized spacial score (nSPS) is 10.5. The number of nitriles is 1. The molecule has 0 spiro atoms. The van der Waals surface area contributed by atoms with Gasteiger partial charge in [-0.3, -0.25) is 0 Å². The Bertz CT molecular complexity index is 230. The third kappa shape index (κ3) is 6.61. The summed E-state index contributed by atoms with van der Waals surface area (Å²) in [6.07, 6.45) is -0.351. The van der Waals surface area contributed by atoms with Gasteiger partial charge in [0, 0.05) is 19.3 Å². The Morgan fingerprint density at radius 1 is 1.57 bits per heavy atom. The Morgan fingerprint density at radius 3 is 2.57 bits per heavy atom. The van der Waals surface area contributed by atoms with Crippen LogP contribution in [-0.2, 0) is 4.74 Å². The van der Waals surface area contributed by atoms with Crippen molar-refractivity contribution in [1.29, 1.82) is 5.26 Å². The average molecular weight is 216 g/mol. The first-order chi connectivity index (χ1) is 6.37. The molecule has 0 aliphatic heterocycles. The lowest BCUT2D eigenvalue weighted by atomic mass is 10.2. The van der Waals surface area contributed by atoms with E-state index in [4.69, 9.17) is 10.00 Å². The van der Waals surface area contributed by atoms with Gasteiger partial charge in [0.2, 0.25) is 0 Å². The summed E-state index contributed by atoms with van der Waals surface area (Å²) in [4.78, 5) is 12.8. The molecule has 0 heterocycles. The van der Waals surface area contributed by atoms with Crippen LogP contribution < -0.4 is 0 Å². The highest BCUT2D eigenvalue weighted by atomic mass is 32.2.